The van der Waals surface area contributed by atoms with Gasteiger partial charge in [0.15, 0.2) is 0 Å². The Bertz CT molecular complexity index is 1970. The Labute approximate surface area is 235 Å². The molecular weight excluding hydrogens is 581 g/mol. The van der Waals surface area contributed by atoms with Crippen LogP contribution in [0, 0.1) is 5.82 Å². The van der Waals surface area contributed by atoms with Crippen molar-refractivity contribution in [3.63, 3.8) is 0 Å². The van der Waals surface area contributed by atoms with E-state index in [2.05, 4.69) is 15.6 Å². The van der Waals surface area contributed by atoms with Gasteiger partial charge in [-0.15, -0.1) is 11.3 Å². The first-order chi connectivity index (χ1) is 19.1. The first-order valence-electron chi connectivity index (χ1n) is 11.6. The molecule has 0 radical (unpaired) electrons. The zero-order chi connectivity index (χ0) is 28.4. The Morgan fingerprint density at radius 1 is 0.975 bits per heavy atom. The highest BCUT2D eigenvalue weighted by atomic mass is 35.5. The number of amides is 2. The largest absolute Gasteiger partial charge is 0.381 e. The molecule has 5 aromatic rings. The monoisotopic (exact) mass is 599 g/mol. The summed E-state index contributed by atoms with van der Waals surface area (Å²) >= 11 is 6.56. The molecule has 0 saturated carbocycles. The number of halogens is 2. The van der Waals surface area contributed by atoms with Crippen molar-refractivity contribution in [2.45, 2.75) is 10.8 Å². The molecule has 0 fully saturated rings. The minimum Gasteiger partial charge on any atom is -0.381 e. The van der Waals surface area contributed by atoms with E-state index in [1.54, 1.807) is 36.4 Å². The maximum Gasteiger partial charge on any atom is 0.333 e. The molecule has 0 aliphatic carbocycles. The van der Waals surface area contributed by atoms with Crippen molar-refractivity contribution in [2.24, 2.45) is 0 Å². The summed E-state index contributed by atoms with van der Waals surface area (Å²) in [6, 6.07) is 18.5. The molecule has 2 amide bonds. The number of thiophene rings is 1. The van der Waals surface area contributed by atoms with E-state index < -0.39 is 27.3 Å². The number of urea groups is 1. The van der Waals surface area contributed by atoms with E-state index in [0.717, 1.165) is 15.9 Å². The Kier molecular flexibility index (Phi) is 7.43. The van der Waals surface area contributed by atoms with E-state index in [1.807, 2.05) is 4.72 Å². The highest BCUT2D eigenvalue weighted by Crippen LogP contribution is 2.25. The maximum atomic E-state index is 13.9. The molecule has 5 rings (SSSR count). The quantitative estimate of drug-likeness (QED) is 0.214. The van der Waals surface area contributed by atoms with E-state index in [4.69, 9.17) is 11.6 Å². The van der Waals surface area contributed by atoms with Crippen molar-refractivity contribution in [3.05, 3.63) is 115 Å². The summed E-state index contributed by atoms with van der Waals surface area (Å²) in [6.45, 7) is 0.214. The highest BCUT2D eigenvalue weighted by Gasteiger charge is 2.20. The molecule has 0 bridgehead atoms. The molecule has 0 aliphatic rings. The molecule has 0 aliphatic heterocycles. The van der Waals surface area contributed by atoms with Crippen molar-refractivity contribution >= 4 is 61.3 Å². The van der Waals surface area contributed by atoms with E-state index in [0.29, 0.717) is 16.8 Å². The number of nitrogens with one attached hydrogen (secondary N) is 4. The van der Waals surface area contributed by atoms with Gasteiger partial charge < -0.3 is 15.6 Å². The number of nitrogens with zero attached hydrogens (tertiary/aromatic N) is 1. The van der Waals surface area contributed by atoms with Crippen molar-refractivity contribution in [1.82, 2.24) is 14.3 Å². The fraction of sp³-hybridized carbons (Fsp3) is 0.0385. The number of carbonyl (C=O) groups is 1. The van der Waals surface area contributed by atoms with Crippen LogP contribution in [-0.2, 0) is 16.6 Å². The second kappa shape index (κ2) is 11.0. The number of H-pyrrole nitrogens is 1. The summed E-state index contributed by atoms with van der Waals surface area (Å²) in [5.41, 5.74) is 0.532. The van der Waals surface area contributed by atoms with Crippen molar-refractivity contribution in [1.29, 1.82) is 0 Å². The first-order valence-corrected chi connectivity index (χ1v) is 14.2. The molecule has 204 valence electrons. The number of aromatic amines is 1. The van der Waals surface area contributed by atoms with Crippen molar-refractivity contribution < 1.29 is 17.6 Å². The number of anilines is 2. The number of fused-ring (bicyclic) bond motifs is 1. The lowest BCUT2D eigenvalue weighted by Crippen LogP contribution is -2.34. The van der Waals surface area contributed by atoms with Gasteiger partial charge in [0, 0.05) is 23.5 Å². The van der Waals surface area contributed by atoms with Gasteiger partial charge in [0.25, 0.3) is 15.6 Å². The molecule has 3 aromatic carbocycles. The molecule has 0 unspecified atom stereocenters. The number of rotatable bonds is 7. The van der Waals surface area contributed by atoms with Crippen molar-refractivity contribution in [2.75, 3.05) is 10.6 Å². The van der Waals surface area contributed by atoms with Crippen LogP contribution in [0.5, 0.6) is 0 Å². The normalized spacial score (nSPS) is 11.3. The third-order valence-electron chi connectivity index (χ3n) is 5.76. The summed E-state index contributed by atoms with van der Waals surface area (Å²) in [6.07, 6.45) is 0. The maximum absolute atomic E-state index is 13.9. The lowest BCUT2D eigenvalue weighted by Gasteiger charge is -2.11. The number of sulfonamides is 1. The summed E-state index contributed by atoms with van der Waals surface area (Å²) in [7, 11) is -4.11. The van der Waals surface area contributed by atoms with Crippen LogP contribution in [0.4, 0.5) is 20.6 Å². The van der Waals surface area contributed by atoms with Gasteiger partial charge in [0.2, 0.25) is 0 Å². The molecular formula is C26H19ClFN5O5S2. The van der Waals surface area contributed by atoms with Gasteiger partial charge in [-0.25, -0.2) is 31.7 Å². The van der Waals surface area contributed by atoms with Crippen LogP contribution >= 0.6 is 22.9 Å². The van der Waals surface area contributed by atoms with Crippen LogP contribution in [0.3, 0.4) is 0 Å². The SMILES string of the molecule is O=C(Nc1ccc(-n2c(=O)[nH]c3cc(NCc4ccccc4F)ccc3c2=O)cc1)NS(=O)(=O)c1ccc(Cl)s1. The third-order valence-corrected chi connectivity index (χ3v) is 8.82. The number of hydrogen-bond acceptors (Lipinski definition) is 7. The first kappa shape index (κ1) is 27.1. The average Bonchev–Trinajstić information content (AvgIpc) is 3.36. The fourth-order valence-corrected chi connectivity index (χ4v) is 6.26. The van der Waals surface area contributed by atoms with E-state index >= 15 is 0 Å². The molecule has 0 spiro atoms. The summed E-state index contributed by atoms with van der Waals surface area (Å²) in [5, 5.41) is 5.70. The van der Waals surface area contributed by atoms with E-state index in [-0.39, 0.29) is 37.7 Å². The van der Waals surface area contributed by atoms with Gasteiger partial charge in [-0.1, -0.05) is 29.8 Å². The van der Waals surface area contributed by atoms with Crippen LogP contribution in [-0.4, -0.2) is 24.0 Å². The van der Waals surface area contributed by atoms with Crippen LogP contribution in [0.15, 0.2) is 92.7 Å². The number of aromatic nitrogens is 2. The molecule has 14 heteroatoms. The minimum absolute atomic E-state index is 0.120. The molecule has 2 heterocycles. The van der Waals surface area contributed by atoms with Gasteiger partial charge in [-0.3, -0.25) is 4.79 Å². The number of carbonyl (C=O) groups excluding carboxylic acids is 1. The number of benzene rings is 3. The fourth-order valence-electron chi connectivity index (χ4n) is 3.87. The third kappa shape index (κ3) is 5.76. The molecule has 0 saturated heterocycles. The van der Waals surface area contributed by atoms with Crippen LogP contribution in [0.25, 0.3) is 16.6 Å². The van der Waals surface area contributed by atoms with Crippen LogP contribution in [0.1, 0.15) is 5.56 Å². The summed E-state index contributed by atoms with van der Waals surface area (Å²) in [5.74, 6) is -0.345. The van der Waals surface area contributed by atoms with Crippen molar-refractivity contribution in [3.8, 4) is 5.69 Å². The second-order valence-corrected chi connectivity index (χ2v) is 12.1. The summed E-state index contributed by atoms with van der Waals surface area (Å²) < 4.78 is 41.4. The Balaban J connectivity index is 1.32. The zero-order valence-corrected chi connectivity index (χ0v) is 22.7. The predicted octanol–water partition coefficient (Wildman–Crippen LogP) is 4.66. The zero-order valence-electron chi connectivity index (χ0n) is 20.3. The second-order valence-electron chi connectivity index (χ2n) is 8.44. The minimum atomic E-state index is -4.11. The summed E-state index contributed by atoms with van der Waals surface area (Å²) in [4.78, 5) is 40.9. The molecule has 0 atom stereocenters. The van der Waals surface area contributed by atoms with Gasteiger partial charge in [-0.05, 0) is 60.7 Å². The lowest BCUT2D eigenvalue weighted by atomic mass is 10.2. The predicted molar refractivity (Wildman–Crippen MR) is 153 cm³/mol. The standard InChI is InChI=1S/C26H19ClFN5O5S2/c27-22-11-12-23(39-22)40(37,38)32-25(35)30-16-5-8-18(9-6-16)33-24(34)19-10-7-17(13-21(19)31-26(33)36)29-14-15-3-1-2-4-20(15)28/h1-13,29H,14H2,(H,31,36)(H2,30,32,35). The van der Waals surface area contributed by atoms with Crippen LogP contribution < -0.4 is 26.6 Å². The highest BCUT2D eigenvalue weighted by molar-refractivity contribution is 7.92. The molecule has 10 nitrogen and oxygen atoms in total. The topological polar surface area (TPSA) is 142 Å². The Morgan fingerprint density at radius 2 is 1.70 bits per heavy atom. The average molecular weight is 600 g/mol. The molecule has 2 aromatic heterocycles. The van der Waals surface area contributed by atoms with Gasteiger partial charge in [0.1, 0.15) is 10.0 Å². The Morgan fingerprint density at radius 3 is 2.40 bits per heavy atom. The van der Waals surface area contributed by atoms with Gasteiger partial charge >= 0.3 is 11.7 Å². The molecule has 4 N–H and O–H groups in total. The van der Waals surface area contributed by atoms with E-state index in [1.165, 1.54) is 42.5 Å². The lowest BCUT2D eigenvalue weighted by molar-refractivity contribution is 0.256. The number of hydrogen-bond donors (Lipinski definition) is 4. The van der Waals surface area contributed by atoms with Gasteiger partial charge in [0.05, 0.1) is 20.9 Å². The Hall–Kier alpha value is -4.46. The molecule has 40 heavy (non-hydrogen) atoms. The van der Waals surface area contributed by atoms with Gasteiger partial charge in [-0.2, -0.15) is 0 Å². The van der Waals surface area contributed by atoms with Crippen LogP contribution in [0.2, 0.25) is 4.34 Å². The smallest absolute Gasteiger partial charge is 0.333 e. The van der Waals surface area contributed by atoms with E-state index in [9.17, 15) is 27.2 Å².